The van der Waals surface area contributed by atoms with Crippen LogP contribution in [0.3, 0.4) is 0 Å². The predicted molar refractivity (Wildman–Crippen MR) is 92.3 cm³/mol. The van der Waals surface area contributed by atoms with E-state index in [1.165, 1.54) is 0 Å². The quantitative estimate of drug-likeness (QED) is 0.762. The zero-order chi connectivity index (χ0) is 15.4. The molecular weight excluding hydrogens is 350 g/mol. The summed E-state index contributed by atoms with van der Waals surface area (Å²) >= 11 is 9.61. The first-order valence-corrected chi connectivity index (χ1v) is 8.11. The predicted octanol–water partition coefficient (Wildman–Crippen LogP) is 5.48. The molecule has 0 radical (unpaired) electrons. The van der Waals surface area contributed by atoms with E-state index >= 15 is 0 Å². The lowest BCUT2D eigenvalue weighted by molar-refractivity contribution is 0.102. The van der Waals surface area contributed by atoms with Crippen molar-refractivity contribution in [3.63, 3.8) is 0 Å². The number of aryl methyl sites for hydroxylation is 2. The highest BCUT2D eigenvalue weighted by Crippen LogP contribution is 2.28. The van der Waals surface area contributed by atoms with Gasteiger partial charge in [-0.25, -0.2) is 0 Å². The number of carbonyl (C=O) groups is 1. The molecule has 2 nitrogen and oxygen atoms in total. The number of carbonyl (C=O) groups excluding carboxylic acids is 1. The number of nitrogens with one attached hydrogen (secondary N) is 1. The molecule has 0 saturated carbocycles. The number of anilines is 1. The molecule has 0 saturated heterocycles. The molecule has 0 fully saturated rings. The maximum absolute atomic E-state index is 12.4. The van der Waals surface area contributed by atoms with Gasteiger partial charge in [-0.2, -0.15) is 0 Å². The molecule has 0 aliphatic carbocycles. The summed E-state index contributed by atoms with van der Waals surface area (Å²) in [5.74, 6) is -0.174. The minimum atomic E-state index is -0.174. The Morgan fingerprint density at radius 2 is 1.71 bits per heavy atom. The van der Waals surface area contributed by atoms with Crippen molar-refractivity contribution in [2.45, 2.75) is 26.7 Å². The summed E-state index contributed by atoms with van der Waals surface area (Å²) in [6.07, 6.45) is 1.70. The Balaban J connectivity index is 2.39. The maximum atomic E-state index is 12.4. The van der Waals surface area contributed by atoms with E-state index in [1.54, 1.807) is 12.1 Å². The second kappa shape index (κ2) is 7.10. The Hall–Kier alpha value is -1.32. The normalized spacial score (nSPS) is 10.5. The molecule has 2 aromatic carbocycles. The first-order chi connectivity index (χ1) is 10.1. The zero-order valence-corrected chi connectivity index (χ0v) is 14.4. The Labute approximate surface area is 138 Å². The standard InChI is InChI=1S/C17H17BrClNO/c1-3-11-9-13(18)10-12(4-2)16(11)20-17(21)14-7-5-6-8-15(14)19/h5-10H,3-4H2,1-2H3,(H,20,21). The van der Waals surface area contributed by atoms with Crippen LogP contribution in [-0.2, 0) is 12.8 Å². The third-order valence-electron chi connectivity index (χ3n) is 3.39. The minimum Gasteiger partial charge on any atom is -0.321 e. The molecule has 0 heterocycles. The van der Waals surface area contributed by atoms with Crippen LogP contribution in [0.4, 0.5) is 5.69 Å². The first kappa shape index (κ1) is 16.1. The SMILES string of the molecule is CCc1cc(Br)cc(CC)c1NC(=O)c1ccccc1Cl. The topological polar surface area (TPSA) is 29.1 Å². The molecule has 21 heavy (non-hydrogen) atoms. The van der Waals surface area contributed by atoms with Gasteiger partial charge in [0.25, 0.3) is 5.91 Å². The number of benzene rings is 2. The average Bonchev–Trinajstić information content (AvgIpc) is 2.48. The summed E-state index contributed by atoms with van der Waals surface area (Å²) in [4.78, 5) is 12.4. The lowest BCUT2D eigenvalue weighted by atomic mass is 10.0. The summed E-state index contributed by atoms with van der Waals surface area (Å²) in [5.41, 5.74) is 3.61. The summed E-state index contributed by atoms with van der Waals surface area (Å²) in [7, 11) is 0. The van der Waals surface area contributed by atoms with Crippen LogP contribution in [-0.4, -0.2) is 5.91 Å². The number of amides is 1. The van der Waals surface area contributed by atoms with E-state index in [0.29, 0.717) is 10.6 Å². The molecule has 1 N–H and O–H groups in total. The van der Waals surface area contributed by atoms with Gasteiger partial charge in [-0.3, -0.25) is 4.79 Å². The van der Waals surface area contributed by atoms with Gasteiger partial charge >= 0.3 is 0 Å². The van der Waals surface area contributed by atoms with Gasteiger partial charge in [-0.1, -0.05) is 53.5 Å². The van der Waals surface area contributed by atoms with E-state index in [4.69, 9.17) is 11.6 Å². The second-order valence-electron chi connectivity index (χ2n) is 4.74. The fraction of sp³-hybridized carbons (Fsp3) is 0.235. The van der Waals surface area contributed by atoms with Crippen LogP contribution in [0, 0.1) is 0 Å². The Bertz CT molecular complexity index is 645. The number of hydrogen-bond donors (Lipinski definition) is 1. The number of halogens is 2. The van der Waals surface area contributed by atoms with Crippen molar-refractivity contribution in [3.05, 3.63) is 62.6 Å². The van der Waals surface area contributed by atoms with Gasteiger partial charge in [-0.15, -0.1) is 0 Å². The Kier molecular flexibility index (Phi) is 5.43. The Morgan fingerprint density at radius 3 is 2.24 bits per heavy atom. The lowest BCUT2D eigenvalue weighted by Gasteiger charge is -2.15. The van der Waals surface area contributed by atoms with Crippen molar-refractivity contribution >= 4 is 39.1 Å². The largest absolute Gasteiger partial charge is 0.321 e. The molecule has 0 unspecified atom stereocenters. The van der Waals surface area contributed by atoms with Gasteiger partial charge in [0, 0.05) is 10.2 Å². The zero-order valence-electron chi connectivity index (χ0n) is 12.0. The summed E-state index contributed by atoms with van der Waals surface area (Å²) in [5, 5.41) is 3.48. The smallest absolute Gasteiger partial charge is 0.257 e. The molecule has 0 spiro atoms. The lowest BCUT2D eigenvalue weighted by Crippen LogP contribution is -2.15. The van der Waals surface area contributed by atoms with Gasteiger partial charge in [0.05, 0.1) is 10.6 Å². The molecule has 110 valence electrons. The molecule has 2 rings (SSSR count). The van der Waals surface area contributed by atoms with E-state index in [1.807, 2.05) is 24.3 Å². The van der Waals surface area contributed by atoms with E-state index in [-0.39, 0.29) is 5.91 Å². The van der Waals surface area contributed by atoms with Crippen LogP contribution < -0.4 is 5.32 Å². The highest BCUT2D eigenvalue weighted by Gasteiger charge is 2.14. The second-order valence-corrected chi connectivity index (χ2v) is 6.06. The van der Waals surface area contributed by atoms with E-state index in [0.717, 1.165) is 34.1 Å². The molecule has 0 aromatic heterocycles. The van der Waals surface area contributed by atoms with Crippen molar-refractivity contribution in [3.8, 4) is 0 Å². The average molecular weight is 367 g/mol. The van der Waals surface area contributed by atoms with Crippen molar-refractivity contribution in [2.75, 3.05) is 5.32 Å². The summed E-state index contributed by atoms with van der Waals surface area (Å²) in [6.45, 7) is 4.15. The monoisotopic (exact) mass is 365 g/mol. The van der Waals surface area contributed by atoms with Gasteiger partial charge in [-0.05, 0) is 48.2 Å². The van der Waals surface area contributed by atoms with E-state index < -0.39 is 0 Å². The van der Waals surface area contributed by atoms with Gasteiger partial charge in [0.1, 0.15) is 0 Å². The molecular formula is C17H17BrClNO. The molecule has 0 bridgehead atoms. The molecule has 0 aliphatic heterocycles. The fourth-order valence-corrected chi connectivity index (χ4v) is 3.04. The third kappa shape index (κ3) is 3.66. The van der Waals surface area contributed by atoms with Crippen molar-refractivity contribution < 1.29 is 4.79 Å². The summed E-state index contributed by atoms with van der Waals surface area (Å²) < 4.78 is 1.03. The number of hydrogen-bond acceptors (Lipinski definition) is 1. The van der Waals surface area contributed by atoms with E-state index in [2.05, 4.69) is 35.1 Å². The molecule has 1 amide bonds. The van der Waals surface area contributed by atoms with Crippen molar-refractivity contribution in [2.24, 2.45) is 0 Å². The van der Waals surface area contributed by atoms with Crippen LogP contribution in [0.25, 0.3) is 0 Å². The highest BCUT2D eigenvalue weighted by molar-refractivity contribution is 9.10. The minimum absolute atomic E-state index is 0.174. The third-order valence-corrected chi connectivity index (χ3v) is 4.17. The van der Waals surface area contributed by atoms with Gasteiger partial charge < -0.3 is 5.32 Å². The fourth-order valence-electron chi connectivity index (χ4n) is 2.27. The van der Waals surface area contributed by atoms with E-state index in [9.17, 15) is 4.79 Å². The summed E-state index contributed by atoms with van der Waals surface area (Å²) in [6, 6.07) is 11.2. The van der Waals surface area contributed by atoms with Crippen LogP contribution in [0.1, 0.15) is 35.3 Å². The molecule has 4 heteroatoms. The molecule has 0 atom stereocenters. The molecule has 2 aromatic rings. The van der Waals surface area contributed by atoms with Crippen LogP contribution in [0.5, 0.6) is 0 Å². The maximum Gasteiger partial charge on any atom is 0.257 e. The van der Waals surface area contributed by atoms with Crippen LogP contribution in [0.2, 0.25) is 5.02 Å². The first-order valence-electron chi connectivity index (χ1n) is 6.94. The number of rotatable bonds is 4. The van der Waals surface area contributed by atoms with Crippen molar-refractivity contribution in [1.29, 1.82) is 0 Å². The van der Waals surface area contributed by atoms with Crippen molar-refractivity contribution in [1.82, 2.24) is 0 Å². The van der Waals surface area contributed by atoms with Gasteiger partial charge in [0.2, 0.25) is 0 Å². The Morgan fingerprint density at radius 1 is 1.14 bits per heavy atom. The highest BCUT2D eigenvalue weighted by atomic mass is 79.9. The molecule has 0 aliphatic rings. The van der Waals surface area contributed by atoms with Crippen LogP contribution in [0.15, 0.2) is 40.9 Å². The van der Waals surface area contributed by atoms with Gasteiger partial charge in [0.15, 0.2) is 0 Å². The van der Waals surface area contributed by atoms with Crippen LogP contribution >= 0.6 is 27.5 Å².